The highest BCUT2D eigenvalue weighted by Crippen LogP contribution is 2.08. The summed E-state index contributed by atoms with van der Waals surface area (Å²) in [7, 11) is 5.96. The lowest BCUT2D eigenvalue weighted by molar-refractivity contribution is 0.101. The number of nitrogens with zero attached hydrogens (tertiary/aromatic N) is 1. The number of para-hydroxylation sites is 1. The predicted molar refractivity (Wildman–Crippen MR) is 120 cm³/mol. The third-order valence-corrected chi connectivity index (χ3v) is 4.22. The van der Waals surface area contributed by atoms with Gasteiger partial charge in [-0.2, -0.15) is 0 Å². The van der Waals surface area contributed by atoms with E-state index in [1.165, 1.54) is 32.4 Å². The molecule has 0 unspecified atom stereocenters. The maximum absolute atomic E-state index is 10.8. The Hall–Kier alpha value is -2.33. The first kappa shape index (κ1) is 24.7. The van der Waals surface area contributed by atoms with E-state index in [1.54, 1.807) is 6.92 Å². The summed E-state index contributed by atoms with van der Waals surface area (Å²) in [6.45, 7) is 4.20. The van der Waals surface area contributed by atoms with Gasteiger partial charge in [0.15, 0.2) is 5.78 Å². The van der Waals surface area contributed by atoms with E-state index in [2.05, 4.69) is 22.6 Å². The molecule has 3 rings (SSSR count). The van der Waals surface area contributed by atoms with Gasteiger partial charge in [-0.1, -0.05) is 32.0 Å². The van der Waals surface area contributed by atoms with Crippen molar-refractivity contribution in [2.75, 3.05) is 44.9 Å². The number of hydrogen-bond donors (Lipinski definition) is 2. The van der Waals surface area contributed by atoms with Crippen LogP contribution >= 0.6 is 0 Å². The minimum atomic E-state index is 0. The molecule has 1 saturated heterocycles. The van der Waals surface area contributed by atoms with Crippen molar-refractivity contribution in [3.63, 3.8) is 0 Å². The minimum absolute atomic E-state index is 0. The van der Waals surface area contributed by atoms with E-state index in [9.17, 15) is 4.79 Å². The van der Waals surface area contributed by atoms with Crippen LogP contribution in [0.2, 0.25) is 0 Å². The van der Waals surface area contributed by atoms with Gasteiger partial charge in [0.2, 0.25) is 0 Å². The molecule has 0 atom stereocenters. The number of hydrogen-bond acceptors (Lipinski definition) is 4. The average Bonchev–Trinajstić information content (AvgIpc) is 2.70. The zero-order valence-electron chi connectivity index (χ0n) is 16.6. The minimum Gasteiger partial charge on any atom is -0.388 e. The van der Waals surface area contributed by atoms with E-state index in [0.29, 0.717) is 0 Å². The predicted octanol–water partition coefficient (Wildman–Crippen LogP) is 5.40. The summed E-state index contributed by atoms with van der Waals surface area (Å²) < 4.78 is 0. The molecule has 27 heavy (non-hydrogen) atoms. The fourth-order valence-electron chi connectivity index (χ4n) is 2.53. The quantitative estimate of drug-likeness (QED) is 0.709. The van der Waals surface area contributed by atoms with E-state index < -0.39 is 0 Å². The summed E-state index contributed by atoms with van der Waals surface area (Å²) >= 11 is 0. The summed E-state index contributed by atoms with van der Waals surface area (Å²) in [4.78, 5) is 13.2. The summed E-state index contributed by atoms with van der Waals surface area (Å²) in [5.41, 5.74) is 2.94. The van der Waals surface area contributed by atoms with Gasteiger partial charge in [-0.15, -0.1) is 0 Å². The Kier molecular flexibility index (Phi) is 13.5. The summed E-state index contributed by atoms with van der Waals surface area (Å²) in [5.74, 6) is 0.104. The first-order chi connectivity index (χ1) is 12.6. The van der Waals surface area contributed by atoms with Crippen LogP contribution in [-0.4, -0.2) is 44.9 Å². The highest BCUT2D eigenvalue weighted by molar-refractivity contribution is 5.94. The Bertz CT molecular complexity index is 605. The number of ketones is 1. The maximum atomic E-state index is 10.8. The van der Waals surface area contributed by atoms with Gasteiger partial charge in [-0.3, -0.25) is 4.79 Å². The Morgan fingerprint density at radius 1 is 0.815 bits per heavy atom. The van der Waals surface area contributed by atoms with Crippen molar-refractivity contribution in [1.82, 2.24) is 4.90 Å². The topological polar surface area (TPSA) is 44.4 Å². The zero-order valence-corrected chi connectivity index (χ0v) is 16.6. The van der Waals surface area contributed by atoms with Gasteiger partial charge in [0.05, 0.1) is 0 Å². The summed E-state index contributed by atoms with van der Waals surface area (Å²) in [6, 6.07) is 17.5. The van der Waals surface area contributed by atoms with Crippen LogP contribution in [-0.2, 0) is 0 Å². The standard InChI is InChI=1S/C9H11NO.C7H9N.C6H13N.CH4/c1-7(11)8-3-5-9(10-2)6-4-8;1-8-7-5-3-2-4-6-7;1-7-5-3-2-4-6-7;/h3-6,10H,1-2H3;2-6,8H,1H3;2-6H2,1H3;1H4. The van der Waals surface area contributed by atoms with Crippen LogP contribution in [0.25, 0.3) is 0 Å². The zero-order chi connectivity index (χ0) is 19.2. The van der Waals surface area contributed by atoms with Crippen molar-refractivity contribution < 1.29 is 4.79 Å². The molecule has 0 saturated carbocycles. The van der Waals surface area contributed by atoms with E-state index in [-0.39, 0.29) is 13.2 Å². The SMILES string of the molecule is C.CN1CCCCC1.CNc1ccc(C(C)=O)cc1.CNc1ccccc1. The van der Waals surface area contributed by atoms with Gasteiger partial charge in [-0.25, -0.2) is 0 Å². The van der Waals surface area contributed by atoms with Gasteiger partial charge in [-0.05, 0) is 76.3 Å². The van der Waals surface area contributed by atoms with Crippen molar-refractivity contribution >= 4 is 17.2 Å². The van der Waals surface area contributed by atoms with E-state index in [1.807, 2.05) is 68.7 Å². The molecule has 1 aliphatic rings. The number of carbonyl (C=O) groups is 1. The van der Waals surface area contributed by atoms with Crippen molar-refractivity contribution in [2.45, 2.75) is 33.6 Å². The lowest BCUT2D eigenvalue weighted by atomic mass is 10.1. The number of likely N-dealkylation sites (tertiary alicyclic amines) is 1. The number of nitrogens with one attached hydrogen (secondary N) is 2. The van der Waals surface area contributed by atoms with Crippen molar-refractivity contribution in [2.24, 2.45) is 0 Å². The first-order valence-electron chi connectivity index (χ1n) is 9.27. The van der Waals surface area contributed by atoms with Crippen LogP contribution in [0.1, 0.15) is 44.0 Å². The first-order valence-corrected chi connectivity index (χ1v) is 9.27. The van der Waals surface area contributed by atoms with Gasteiger partial charge in [0.1, 0.15) is 0 Å². The van der Waals surface area contributed by atoms with Gasteiger partial charge >= 0.3 is 0 Å². The smallest absolute Gasteiger partial charge is 0.159 e. The fourth-order valence-corrected chi connectivity index (χ4v) is 2.53. The highest BCUT2D eigenvalue weighted by Gasteiger charge is 2.02. The molecule has 0 aliphatic carbocycles. The van der Waals surface area contributed by atoms with E-state index >= 15 is 0 Å². The van der Waals surface area contributed by atoms with Crippen LogP contribution in [0.3, 0.4) is 0 Å². The molecule has 2 aromatic rings. The third-order valence-electron chi connectivity index (χ3n) is 4.22. The second kappa shape index (κ2) is 14.8. The molecular weight excluding hydrogens is 334 g/mol. The summed E-state index contributed by atoms with van der Waals surface area (Å²) in [6.07, 6.45) is 4.28. The molecule has 1 fully saturated rings. The number of carbonyl (C=O) groups excluding carboxylic acids is 1. The fraction of sp³-hybridized carbons (Fsp3) is 0.435. The second-order valence-electron chi connectivity index (χ2n) is 6.36. The molecule has 1 aliphatic heterocycles. The van der Waals surface area contributed by atoms with Crippen LogP contribution in [0.5, 0.6) is 0 Å². The number of piperidine rings is 1. The summed E-state index contributed by atoms with van der Waals surface area (Å²) in [5, 5.41) is 6.01. The van der Waals surface area contributed by atoms with Crippen molar-refractivity contribution in [3.8, 4) is 0 Å². The molecule has 2 N–H and O–H groups in total. The molecule has 0 amide bonds. The Morgan fingerprint density at radius 3 is 1.63 bits per heavy atom. The number of benzene rings is 2. The molecule has 0 aromatic heterocycles. The molecule has 1 heterocycles. The molecule has 4 heteroatoms. The Morgan fingerprint density at radius 2 is 1.30 bits per heavy atom. The monoisotopic (exact) mass is 371 g/mol. The molecule has 0 bridgehead atoms. The number of rotatable bonds is 3. The van der Waals surface area contributed by atoms with Crippen molar-refractivity contribution in [1.29, 1.82) is 0 Å². The van der Waals surface area contributed by atoms with Crippen LogP contribution in [0.4, 0.5) is 11.4 Å². The molecule has 2 aromatic carbocycles. The molecular formula is C23H37N3O. The Labute approximate surface area is 166 Å². The van der Waals surface area contributed by atoms with Crippen LogP contribution in [0, 0.1) is 0 Å². The van der Waals surface area contributed by atoms with Gasteiger partial charge < -0.3 is 15.5 Å². The maximum Gasteiger partial charge on any atom is 0.159 e. The average molecular weight is 372 g/mol. The van der Waals surface area contributed by atoms with Crippen LogP contribution in [0.15, 0.2) is 54.6 Å². The number of Topliss-reactive ketones (excluding diaryl/α,β-unsaturated/α-hetero) is 1. The molecule has 150 valence electrons. The highest BCUT2D eigenvalue weighted by atomic mass is 16.1. The van der Waals surface area contributed by atoms with E-state index in [4.69, 9.17) is 0 Å². The Balaban J connectivity index is 0.000000379. The molecule has 4 nitrogen and oxygen atoms in total. The lowest BCUT2D eigenvalue weighted by Crippen LogP contribution is -2.24. The molecule has 0 spiro atoms. The van der Waals surface area contributed by atoms with Crippen molar-refractivity contribution in [3.05, 3.63) is 60.2 Å². The normalized spacial score (nSPS) is 12.9. The second-order valence-corrected chi connectivity index (χ2v) is 6.36. The largest absolute Gasteiger partial charge is 0.388 e. The third kappa shape index (κ3) is 11.1. The van der Waals surface area contributed by atoms with Gasteiger partial charge in [0.25, 0.3) is 0 Å². The van der Waals surface area contributed by atoms with Crippen LogP contribution < -0.4 is 10.6 Å². The molecule has 0 radical (unpaired) electrons. The van der Waals surface area contributed by atoms with Gasteiger partial charge in [0, 0.05) is 31.0 Å². The lowest BCUT2D eigenvalue weighted by Gasteiger charge is -2.20. The van der Waals surface area contributed by atoms with E-state index in [0.717, 1.165) is 16.9 Å². The number of anilines is 2.